The van der Waals surface area contributed by atoms with Crippen LogP contribution in [-0.4, -0.2) is 6.54 Å². The average molecular weight is 310 g/mol. The molecule has 0 amide bonds. The molecule has 17 heavy (non-hydrogen) atoms. The van der Waals surface area contributed by atoms with Gasteiger partial charge >= 0.3 is 0 Å². The van der Waals surface area contributed by atoms with Crippen molar-refractivity contribution < 1.29 is 0 Å². The normalized spacial score (nSPS) is 12.6. The highest BCUT2D eigenvalue weighted by Crippen LogP contribution is 2.27. The topological polar surface area (TPSA) is 12.0 Å². The smallest absolute Gasteiger partial charge is 0.0584 e. The highest BCUT2D eigenvalue weighted by Gasteiger charge is 2.13. The number of aryl methyl sites for hydroxylation is 1. The molecule has 0 saturated carbocycles. The molecule has 0 spiro atoms. The minimum Gasteiger partial charge on any atom is -0.307 e. The molecule has 0 aliphatic rings. The van der Waals surface area contributed by atoms with Gasteiger partial charge in [-0.3, -0.25) is 0 Å². The first-order chi connectivity index (χ1) is 8.20. The van der Waals surface area contributed by atoms with Crippen LogP contribution in [0.1, 0.15) is 29.0 Å². The van der Waals surface area contributed by atoms with E-state index in [0.29, 0.717) is 6.04 Å². The lowest BCUT2D eigenvalue weighted by Gasteiger charge is -2.17. The van der Waals surface area contributed by atoms with Crippen molar-refractivity contribution in [1.82, 2.24) is 5.32 Å². The molecule has 1 atom stereocenters. The van der Waals surface area contributed by atoms with Gasteiger partial charge in [-0.05, 0) is 48.2 Å². The zero-order valence-corrected chi connectivity index (χ0v) is 12.4. The number of hydrogen-bond donors (Lipinski definition) is 1. The van der Waals surface area contributed by atoms with Crippen LogP contribution in [0.4, 0.5) is 0 Å². The molecule has 0 aliphatic carbocycles. The maximum Gasteiger partial charge on any atom is 0.0584 e. The van der Waals surface area contributed by atoms with Crippen LogP contribution in [0.15, 0.2) is 40.2 Å². The Bertz CT molecular complexity index is 475. The summed E-state index contributed by atoms with van der Waals surface area (Å²) in [6.07, 6.45) is 0. The molecule has 1 aromatic carbocycles. The number of hydrogen-bond acceptors (Lipinski definition) is 2. The Morgan fingerprint density at radius 3 is 2.47 bits per heavy atom. The van der Waals surface area contributed by atoms with Crippen molar-refractivity contribution in [3.8, 4) is 0 Å². The van der Waals surface area contributed by atoms with Crippen molar-refractivity contribution in [3.63, 3.8) is 0 Å². The number of nitrogens with one attached hydrogen (secondary N) is 1. The van der Waals surface area contributed by atoms with Crippen molar-refractivity contribution in [3.05, 3.63) is 56.2 Å². The van der Waals surface area contributed by atoms with Crippen molar-refractivity contribution in [1.29, 1.82) is 0 Å². The Kier molecular flexibility index (Phi) is 4.37. The van der Waals surface area contributed by atoms with Gasteiger partial charge in [0, 0.05) is 9.35 Å². The molecule has 90 valence electrons. The van der Waals surface area contributed by atoms with Crippen LogP contribution < -0.4 is 5.32 Å². The Labute approximate surface area is 115 Å². The predicted octanol–water partition coefficient (Wildman–Crippen LogP) is 4.52. The molecule has 1 unspecified atom stereocenters. The Balaban J connectivity index is 2.31. The average Bonchev–Trinajstić information content (AvgIpc) is 2.74. The van der Waals surface area contributed by atoms with Gasteiger partial charge in [-0.1, -0.05) is 35.0 Å². The largest absolute Gasteiger partial charge is 0.307 e. The summed E-state index contributed by atoms with van der Waals surface area (Å²) in [6.45, 7) is 5.26. The maximum atomic E-state index is 3.54. The van der Waals surface area contributed by atoms with Crippen LogP contribution in [0.3, 0.4) is 0 Å². The summed E-state index contributed by atoms with van der Waals surface area (Å²) in [6, 6.07) is 11.1. The maximum absolute atomic E-state index is 3.54. The fraction of sp³-hybridized carbons (Fsp3) is 0.286. The molecule has 1 aromatic heterocycles. The Hall–Kier alpha value is -0.640. The predicted molar refractivity (Wildman–Crippen MR) is 78.7 cm³/mol. The second kappa shape index (κ2) is 5.80. The van der Waals surface area contributed by atoms with E-state index in [0.717, 1.165) is 11.0 Å². The Morgan fingerprint density at radius 1 is 1.24 bits per heavy atom. The summed E-state index contributed by atoms with van der Waals surface area (Å²) in [5.41, 5.74) is 2.67. The number of thiophene rings is 1. The highest BCUT2D eigenvalue weighted by atomic mass is 79.9. The SMILES string of the molecule is CCNC(c1ccc(Br)cc1)c1csc(C)c1. The van der Waals surface area contributed by atoms with E-state index in [-0.39, 0.29) is 0 Å². The molecule has 0 radical (unpaired) electrons. The lowest BCUT2D eigenvalue weighted by Crippen LogP contribution is -2.21. The molecule has 0 saturated heterocycles. The second-order valence-electron chi connectivity index (χ2n) is 4.03. The molecular weight excluding hydrogens is 294 g/mol. The zero-order chi connectivity index (χ0) is 12.3. The van der Waals surface area contributed by atoms with Crippen LogP contribution in [0, 0.1) is 6.92 Å². The molecule has 1 N–H and O–H groups in total. The quantitative estimate of drug-likeness (QED) is 0.875. The molecular formula is C14H16BrNS. The van der Waals surface area contributed by atoms with E-state index in [1.807, 2.05) is 11.3 Å². The second-order valence-corrected chi connectivity index (χ2v) is 6.06. The zero-order valence-electron chi connectivity index (χ0n) is 10.0. The van der Waals surface area contributed by atoms with Crippen molar-refractivity contribution >= 4 is 27.3 Å². The van der Waals surface area contributed by atoms with Gasteiger partial charge in [-0.15, -0.1) is 11.3 Å². The minimum atomic E-state index is 0.304. The summed E-state index contributed by atoms with van der Waals surface area (Å²) in [5, 5.41) is 5.78. The van der Waals surface area contributed by atoms with E-state index in [1.54, 1.807) is 0 Å². The molecule has 0 aliphatic heterocycles. The number of rotatable bonds is 4. The van der Waals surface area contributed by atoms with Crippen LogP contribution in [0.2, 0.25) is 0 Å². The van der Waals surface area contributed by atoms with Gasteiger partial charge < -0.3 is 5.32 Å². The van der Waals surface area contributed by atoms with Crippen LogP contribution in [-0.2, 0) is 0 Å². The van der Waals surface area contributed by atoms with Crippen molar-refractivity contribution in [2.24, 2.45) is 0 Å². The number of halogens is 1. The lowest BCUT2D eigenvalue weighted by molar-refractivity contribution is 0.632. The first-order valence-corrected chi connectivity index (χ1v) is 7.42. The van der Waals surface area contributed by atoms with E-state index in [9.17, 15) is 0 Å². The van der Waals surface area contributed by atoms with Gasteiger partial charge in [-0.25, -0.2) is 0 Å². The summed E-state index contributed by atoms with van der Waals surface area (Å²) < 4.78 is 1.12. The first-order valence-electron chi connectivity index (χ1n) is 5.74. The molecule has 2 aromatic rings. The van der Waals surface area contributed by atoms with E-state index in [4.69, 9.17) is 0 Å². The first kappa shape index (κ1) is 12.8. The number of benzene rings is 1. The molecule has 0 bridgehead atoms. The third-order valence-corrected chi connectivity index (χ3v) is 4.10. The van der Waals surface area contributed by atoms with E-state index in [2.05, 4.69) is 70.8 Å². The van der Waals surface area contributed by atoms with Crippen LogP contribution in [0.25, 0.3) is 0 Å². The van der Waals surface area contributed by atoms with Gasteiger partial charge in [0.2, 0.25) is 0 Å². The Morgan fingerprint density at radius 2 is 1.94 bits per heavy atom. The van der Waals surface area contributed by atoms with Gasteiger partial charge in [-0.2, -0.15) is 0 Å². The third kappa shape index (κ3) is 3.18. The molecule has 2 rings (SSSR count). The van der Waals surface area contributed by atoms with Gasteiger partial charge in [0.1, 0.15) is 0 Å². The van der Waals surface area contributed by atoms with Crippen LogP contribution in [0.5, 0.6) is 0 Å². The van der Waals surface area contributed by atoms with Gasteiger partial charge in [0.05, 0.1) is 6.04 Å². The van der Waals surface area contributed by atoms with Gasteiger partial charge in [0.25, 0.3) is 0 Å². The van der Waals surface area contributed by atoms with Crippen LogP contribution >= 0.6 is 27.3 Å². The minimum absolute atomic E-state index is 0.304. The summed E-state index contributed by atoms with van der Waals surface area (Å²) in [4.78, 5) is 1.36. The molecule has 1 heterocycles. The van der Waals surface area contributed by atoms with E-state index < -0.39 is 0 Å². The van der Waals surface area contributed by atoms with E-state index in [1.165, 1.54) is 16.0 Å². The standard InChI is InChI=1S/C14H16BrNS/c1-3-16-14(12-8-10(2)17-9-12)11-4-6-13(15)7-5-11/h4-9,14,16H,3H2,1-2H3. The third-order valence-electron chi connectivity index (χ3n) is 2.70. The molecule has 3 heteroatoms. The molecule has 1 nitrogen and oxygen atoms in total. The molecule has 0 fully saturated rings. The van der Waals surface area contributed by atoms with Crippen molar-refractivity contribution in [2.45, 2.75) is 19.9 Å². The summed E-state index contributed by atoms with van der Waals surface area (Å²) in [7, 11) is 0. The fourth-order valence-electron chi connectivity index (χ4n) is 1.90. The van der Waals surface area contributed by atoms with Crippen molar-refractivity contribution in [2.75, 3.05) is 6.54 Å². The monoisotopic (exact) mass is 309 g/mol. The fourth-order valence-corrected chi connectivity index (χ4v) is 2.90. The van der Waals surface area contributed by atoms with Gasteiger partial charge in [0.15, 0.2) is 0 Å². The lowest BCUT2D eigenvalue weighted by atomic mass is 10.0. The summed E-state index contributed by atoms with van der Waals surface area (Å²) >= 11 is 5.28. The highest BCUT2D eigenvalue weighted by molar-refractivity contribution is 9.10. The summed E-state index contributed by atoms with van der Waals surface area (Å²) in [5.74, 6) is 0. The van der Waals surface area contributed by atoms with E-state index >= 15 is 0 Å².